The minimum Gasteiger partial charge on any atom is -0.497 e. The maximum Gasteiger partial charge on any atom is 0.375 e. The van der Waals surface area contributed by atoms with Crippen LogP contribution in [0.15, 0.2) is 36.4 Å². The molecule has 9 nitrogen and oxygen atoms in total. The molecule has 0 aliphatic heterocycles. The normalized spacial score (nSPS) is 10.4. The van der Waals surface area contributed by atoms with Crippen molar-refractivity contribution in [2.24, 2.45) is 0 Å². The van der Waals surface area contributed by atoms with E-state index < -0.39 is 5.97 Å². The summed E-state index contributed by atoms with van der Waals surface area (Å²) in [6.07, 6.45) is 0. The van der Waals surface area contributed by atoms with E-state index in [0.29, 0.717) is 40.1 Å². The highest BCUT2D eigenvalue weighted by Crippen LogP contribution is 2.41. The average Bonchev–Trinajstić information content (AvgIpc) is 3.18. The lowest BCUT2D eigenvalue weighted by Gasteiger charge is -2.14. The molecule has 0 amide bonds. The Morgan fingerprint density at radius 1 is 0.929 bits per heavy atom. The number of benzene rings is 2. The van der Waals surface area contributed by atoms with Crippen LogP contribution in [0.4, 0.5) is 0 Å². The fourth-order valence-electron chi connectivity index (χ4n) is 2.70. The quantitative estimate of drug-likeness (QED) is 0.662. The Hall–Kier alpha value is -3.75. The van der Waals surface area contributed by atoms with E-state index in [4.69, 9.17) is 18.9 Å². The van der Waals surface area contributed by atoms with E-state index in [0.717, 1.165) is 0 Å². The van der Waals surface area contributed by atoms with Crippen molar-refractivity contribution in [2.45, 2.75) is 0 Å². The third-order valence-corrected chi connectivity index (χ3v) is 4.04. The van der Waals surface area contributed by atoms with Gasteiger partial charge in [-0.3, -0.25) is 0 Å². The number of nitrogens with zero attached hydrogens (tertiary/aromatic N) is 3. The summed E-state index contributed by atoms with van der Waals surface area (Å²) >= 11 is 0. The molecule has 28 heavy (non-hydrogen) atoms. The van der Waals surface area contributed by atoms with Crippen LogP contribution >= 0.6 is 0 Å². The van der Waals surface area contributed by atoms with Gasteiger partial charge in [-0.1, -0.05) is 0 Å². The smallest absolute Gasteiger partial charge is 0.375 e. The lowest BCUT2D eigenvalue weighted by Crippen LogP contribution is -2.03. The topological polar surface area (TPSA) is 105 Å². The Morgan fingerprint density at radius 3 is 2.00 bits per heavy atom. The molecule has 3 aromatic rings. The van der Waals surface area contributed by atoms with Crippen molar-refractivity contribution in [3.63, 3.8) is 0 Å². The van der Waals surface area contributed by atoms with E-state index in [9.17, 15) is 9.90 Å². The molecule has 0 spiro atoms. The van der Waals surface area contributed by atoms with Crippen LogP contribution in [0, 0.1) is 0 Å². The van der Waals surface area contributed by atoms with Gasteiger partial charge >= 0.3 is 5.97 Å². The van der Waals surface area contributed by atoms with Gasteiger partial charge in [0.15, 0.2) is 17.3 Å². The molecular weight excluding hydrogens is 366 g/mol. The molecule has 1 N–H and O–H groups in total. The van der Waals surface area contributed by atoms with E-state index in [1.54, 1.807) is 43.5 Å². The first-order chi connectivity index (χ1) is 13.5. The highest BCUT2D eigenvalue weighted by atomic mass is 16.5. The maximum atomic E-state index is 11.4. The second-order valence-corrected chi connectivity index (χ2v) is 5.59. The van der Waals surface area contributed by atoms with Gasteiger partial charge in [-0.25, -0.2) is 14.5 Å². The Kier molecular flexibility index (Phi) is 5.35. The third-order valence-electron chi connectivity index (χ3n) is 4.04. The average molecular weight is 385 g/mol. The number of carbonyl (C=O) groups is 1. The molecule has 1 aromatic heterocycles. The first-order valence-corrected chi connectivity index (χ1v) is 8.17. The molecular formula is C19H19N3O6. The van der Waals surface area contributed by atoms with Gasteiger partial charge in [0.2, 0.25) is 5.75 Å². The molecule has 0 aliphatic rings. The van der Waals surface area contributed by atoms with Gasteiger partial charge in [-0.05, 0) is 36.4 Å². The molecule has 0 radical (unpaired) electrons. The van der Waals surface area contributed by atoms with Crippen LogP contribution in [0.5, 0.6) is 23.0 Å². The number of rotatable bonds is 7. The van der Waals surface area contributed by atoms with Crippen LogP contribution in [-0.2, 0) is 0 Å². The minimum absolute atomic E-state index is 0.307. The monoisotopic (exact) mass is 385 g/mol. The van der Waals surface area contributed by atoms with Crippen LogP contribution in [-0.4, -0.2) is 54.3 Å². The second-order valence-electron chi connectivity index (χ2n) is 5.59. The highest BCUT2D eigenvalue weighted by Gasteiger charge is 2.21. The van der Waals surface area contributed by atoms with Crippen molar-refractivity contribution >= 4 is 5.97 Å². The molecule has 9 heteroatoms. The number of aromatic nitrogens is 3. The minimum atomic E-state index is -1.24. The number of carboxylic acids is 1. The number of ether oxygens (including phenoxy) is 4. The van der Waals surface area contributed by atoms with Gasteiger partial charge in [0, 0.05) is 5.56 Å². The summed E-state index contributed by atoms with van der Waals surface area (Å²) in [5.74, 6) is 0.651. The fraction of sp³-hybridized carbons (Fsp3) is 0.211. The molecule has 0 atom stereocenters. The Balaban J connectivity index is 2.22. The number of hydrogen-bond acceptors (Lipinski definition) is 7. The lowest BCUT2D eigenvalue weighted by molar-refractivity contribution is 0.0683. The van der Waals surface area contributed by atoms with Gasteiger partial charge in [-0.2, -0.15) is 0 Å². The van der Waals surface area contributed by atoms with Crippen LogP contribution in [0.3, 0.4) is 0 Å². The summed E-state index contributed by atoms with van der Waals surface area (Å²) in [6.45, 7) is 0. The lowest BCUT2D eigenvalue weighted by atomic mass is 10.1. The standard InChI is InChI=1S/C19H19N3O6/c1-25-13-7-5-12(6-8-13)22-18(20-17(21-22)19(23)24)11-9-14(26-2)16(28-4)15(10-11)27-3/h5-10H,1-4H3,(H,23,24). The molecule has 3 rings (SSSR count). The molecule has 1 heterocycles. The van der Waals surface area contributed by atoms with Crippen molar-refractivity contribution in [3.05, 3.63) is 42.2 Å². The second kappa shape index (κ2) is 7.87. The van der Waals surface area contributed by atoms with E-state index >= 15 is 0 Å². The van der Waals surface area contributed by atoms with E-state index in [1.165, 1.54) is 26.0 Å². The predicted octanol–water partition coefficient (Wildman–Crippen LogP) is 2.67. The zero-order valence-corrected chi connectivity index (χ0v) is 15.8. The van der Waals surface area contributed by atoms with Crippen LogP contribution < -0.4 is 18.9 Å². The Labute approximate surface area is 161 Å². The summed E-state index contributed by atoms with van der Waals surface area (Å²) in [5.41, 5.74) is 1.16. The summed E-state index contributed by atoms with van der Waals surface area (Å²) in [7, 11) is 6.06. The number of hydrogen-bond donors (Lipinski definition) is 1. The summed E-state index contributed by atoms with van der Waals surface area (Å²) in [4.78, 5) is 15.6. The zero-order chi connectivity index (χ0) is 20.3. The molecule has 2 aromatic carbocycles. The van der Waals surface area contributed by atoms with Crippen molar-refractivity contribution in [3.8, 4) is 40.1 Å². The zero-order valence-electron chi connectivity index (χ0n) is 15.8. The number of aromatic carboxylic acids is 1. The Morgan fingerprint density at radius 2 is 1.54 bits per heavy atom. The number of carboxylic acid groups (broad SMARTS) is 1. The summed E-state index contributed by atoms with van der Waals surface area (Å²) in [6, 6.07) is 10.3. The van der Waals surface area contributed by atoms with Crippen molar-refractivity contribution in [1.29, 1.82) is 0 Å². The molecule has 0 fully saturated rings. The van der Waals surface area contributed by atoms with Crippen LogP contribution in [0.2, 0.25) is 0 Å². The molecule has 0 unspecified atom stereocenters. The van der Waals surface area contributed by atoms with E-state index in [1.807, 2.05) is 0 Å². The van der Waals surface area contributed by atoms with Gasteiger partial charge in [0.1, 0.15) is 5.75 Å². The summed E-state index contributed by atoms with van der Waals surface area (Å²) in [5, 5.41) is 13.5. The largest absolute Gasteiger partial charge is 0.497 e. The molecule has 0 saturated heterocycles. The maximum absolute atomic E-state index is 11.4. The van der Waals surface area contributed by atoms with Crippen molar-refractivity contribution in [1.82, 2.24) is 14.8 Å². The molecule has 0 aliphatic carbocycles. The first-order valence-electron chi connectivity index (χ1n) is 8.17. The van der Waals surface area contributed by atoms with Crippen molar-refractivity contribution < 1.29 is 28.8 Å². The summed E-state index contributed by atoms with van der Waals surface area (Å²) < 4.78 is 22.7. The number of methoxy groups -OCH3 is 4. The predicted molar refractivity (Wildman–Crippen MR) is 100.0 cm³/mol. The third kappa shape index (κ3) is 3.41. The van der Waals surface area contributed by atoms with Gasteiger partial charge in [0.25, 0.3) is 5.82 Å². The fourth-order valence-corrected chi connectivity index (χ4v) is 2.70. The van der Waals surface area contributed by atoms with Crippen molar-refractivity contribution in [2.75, 3.05) is 28.4 Å². The Bertz CT molecular complexity index is 972. The van der Waals surface area contributed by atoms with Gasteiger partial charge in [-0.15, -0.1) is 5.10 Å². The molecule has 0 bridgehead atoms. The van der Waals surface area contributed by atoms with Gasteiger partial charge < -0.3 is 24.1 Å². The highest BCUT2D eigenvalue weighted by molar-refractivity contribution is 5.84. The van der Waals surface area contributed by atoms with Crippen LogP contribution in [0.25, 0.3) is 17.1 Å². The van der Waals surface area contributed by atoms with Gasteiger partial charge in [0.05, 0.1) is 34.1 Å². The van der Waals surface area contributed by atoms with E-state index in [2.05, 4.69) is 10.1 Å². The van der Waals surface area contributed by atoms with E-state index in [-0.39, 0.29) is 5.82 Å². The van der Waals surface area contributed by atoms with Crippen LogP contribution in [0.1, 0.15) is 10.6 Å². The SMILES string of the molecule is COc1ccc(-n2nc(C(=O)O)nc2-c2cc(OC)c(OC)c(OC)c2)cc1. The molecule has 0 saturated carbocycles. The molecule has 146 valence electrons. The first kappa shape index (κ1) is 19.0.